The van der Waals surface area contributed by atoms with Crippen LogP contribution in [0, 0.1) is 0 Å². The van der Waals surface area contributed by atoms with Gasteiger partial charge in [0.05, 0.1) is 6.04 Å². The molecule has 2 rings (SSSR count). The number of aliphatic carboxylic acids is 1. The maximum Gasteiger partial charge on any atom is 0.326 e. The minimum Gasteiger partial charge on any atom is -0.480 e. The van der Waals surface area contributed by atoms with Gasteiger partial charge in [0.25, 0.3) is 0 Å². The normalized spacial score (nSPS) is 13.9. The number of hydrogen-bond donors (Lipinski definition) is 7. The second kappa shape index (κ2) is 10.6. The fraction of sp³-hybridized carbons (Fsp3) is 0.368. The number of fused-ring (bicyclic) bond motifs is 1. The molecule has 0 spiro atoms. The number of aromatic amines is 1. The van der Waals surface area contributed by atoms with Crippen LogP contribution < -0.4 is 22.1 Å². The molecule has 0 fully saturated rings. The van der Waals surface area contributed by atoms with Crippen molar-refractivity contribution in [3.8, 4) is 0 Å². The lowest BCUT2D eigenvalue weighted by atomic mass is 10.0. The van der Waals surface area contributed by atoms with Gasteiger partial charge >= 0.3 is 5.97 Å². The molecule has 0 saturated heterocycles. The Kier molecular flexibility index (Phi) is 8.25. The van der Waals surface area contributed by atoms with Crippen molar-refractivity contribution in [1.29, 1.82) is 0 Å². The van der Waals surface area contributed by atoms with Crippen molar-refractivity contribution in [3.63, 3.8) is 0 Å². The Balaban J connectivity index is 2.14. The zero-order valence-corrected chi connectivity index (χ0v) is 17.0. The molecule has 0 radical (unpaired) electrons. The van der Waals surface area contributed by atoms with Crippen LogP contribution >= 0.6 is 12.6 Å². The maximum absolute atomic E-state index is 12.7. The number of carboxylic acid groups (broad SMARTS) is 1. The van der Waals surface area contributed by atoms with Crippen LogP contribution in [0.5, 0.6) is 0 Å². The fourth-order valence-electron chi connectivity index (χ4n) is 2.91. The molecule has 0 aliphatic carbocycles. The number of carbonyl (C=O) groups excluding carboxylic acids is 3. The Labute approximate surface area is 178 Å². The third kappa shape index (κ3) is 6.22. The summed E-state index contributed by atoms with van der Waals surface area (Å²) in [6.07, 6.45) is 1.45. The van der Waals surface area contributed by atoms with E-state index in [9.17, 15) is 24.3 Å². The Morgan fingerprint density at radius 3 is 2.40 bits per heavy atom. The number of aromatic nitrogens is 1. The first-order chi connectivity index (χ1) is 14.2. The van der Waals surface area contributed by atoms with Gasteiger partial charge in [-0.1, -0.05) is 18.2 Å². The van der Waals surface area contributed by atoms with Gasteiger partial charge in [-0.15, -0.1) is 0 Å². The van der Waals surface area contributed by atoms with Gasteiger partial charge in [-0.25, -0.2) is 4.79 Å². The number of benzene rings is 1. The third-order valence-electron chi connectivity index (χ3n) is 4.56. The number of carbonyl (C=O) groups is 4. The molecule has 162 valence electrons. The fourth-order valence-corrected chi connectivity index (χ4v) is 3.08. The van der Waals surface area contributed by atoms with Crippen molar-refractivity contribution in [3.05, 3.63) is 36.0 Å². The van der Waals surface area contributed by atoms with Crippen molar-refractivity contribution in [2.24, 2.45) is 11.5 Å². The van der Waals surface area contributed by atoms with Crippen LogP contribution in [0.4, 0.5) is 0 Å². The van der Waals surface area contributed by atoms with E-state index in [1.165, 1.54) is 0 Å². The number of rotatable bonds is 11. The smallest absolute Gasteiger partial charge is 0.326 e. The monoisotopic (exact) mass is 435 g/mol. The van der Waals surface area contributed by atoms with E-state index in [2.05, 4.69) is 28.2 Å². The number of para-hydroxylation sites is 1. The predicted octanol–water partition coefficient (Wildman–Crippen LogP) is -0.713. The van der Waals surface area contributed by atoms with Crippen molar-refractivity contribution >= 4 is 47.2 Å². The van der Waals surface area contributed by atoms with E-state index in [1.807, 2.05) is 24.3 Å². The average molecular weight is 436 g/mol. The Hall–Kier alpha value is -3.05. The molecular weight excluding hydrogens is 410 g/mol. The van der Waals surface area contributed by atoms with E-state index < -0.39 is 41.8 Å². The summed E-state index contributed by atoms with van der Waals surface area (Å²) in [7, 11) is 0. The molecule has 3 amide bonds. The van der Waals surface area contributed by atoms with Gasteiger partial charge in [0.2, 0.25) is 17.7 Å². The molecule has 30 heavy (non-hydrogen) atoms. The van der Waals surface area contributed by atoms with E-state index in [-0.39, 0.29) is 25.0 Å². The summed E-state index contributed by atoms with van der Waals surface area (Å²) in [5.41, 5.74) is 12.3. The Bertz CT molecular complexity index is 931. The molecule has 11 heteroatoms. The van der Waals surface area contributed by atoms with Gasteiger partial charge in [0.1, 0.15) is 12.1 Å². The number of nitrogens with two attached hydrogens (primary N) is 2. The summed E-state index contributed by atoms with van der Waals surface area (Å²) in [5.74, 6) is -3.23. The van der Waals surface area contributed by atoms with Gasteiger partial charge < -0.3 is 32.2 Å². The standard InChI is InChI=1S/C19H25N5O5S/c20-12(9-30)17(26)23-14(5-6-16(21)25)18(27)24-15(19(28)29)7-10-8-22-13-4-2-1-3-11(10)13/h1-4,8,12,14-15,22,30H,5-7,9,20H2,(H2,21,25)(H,23,26)(H,24,27)(H,28,29)/t12-,14-,15-/m0/s1. The summed E-state index contributed by atoms with van der Waals surface area (Å²) < 4.78 is 0. The van der Waals surface area contributed by atoms with Crippen LogP contribution in [0.15, 0.2) is 30.5 Å². The predicted molar refractivity (Wildman–Crippen MR) is 114 cm³/mol. The molecule has 0 unspecified atom stereocenters. The van der Waals surface area contributed by atoms with Gasteiger partial charge in [0, 0.05) is 35.7 Å². The lowest BCUT2D eigenvalue weighted by Gasteiger charge is -2.22. The summed E-state index contributed by atoms with van der Waals surface area (Å²) in [6, 6.07) is 4.00. The number of carboxylic acids is 1. The van der Waals surface area contributed by atoms with Gasteiger partial charge in [-0.2, -0.15) is 12.6 Å². The summed E-state index contributed by atoms with van der Waals surface area (Å²) in [5, 5.41) is 15.3. The zero-order chi connectivity index (χ0) is 22.3. The van der Waals surface area contributed by atoms with E-state index in [0.29, 0.717) is 5.56 Å². The van der Waals surface area contributed by atoms with Crippen LogP contribution in [0.1, 0.15) is 18.4 Å². The van der Waals surface area contributed by atoms with Gasteiger partial charge in [0.15, 0.2) is 0 Å². The quantitative estimate of drug-likeness (QED) is 0.229. The van der Waals surface area contributed by atoms with Crippen LogP contribution in [-0.2, 0) is 25.6 Å². The summed E-state index contributed by atoms with van der Waals surface area (Å²) in [4.78, 5) is 50.7. The van der Waals surface area contributed by atoms with E-state index in [0.717, 1.165) is 10.9 Å². The topological polar surface area (TPSA) is 180 Å². The van der Waals surface area contributed by atoms with Gasteiger partial charge in [-0.3, -0.25) is 14.4 Å². The van der Waals surface area contributed by atoms with Gasteiger partial charge in [-0.05, 0) is 18.1 Å². The second-order valence-corrected chi connectivity index (χ2v) is 7.18. The van der Waals surface area contributed by atoms with Crippen molar-refractivity contribution in [1.82, 2.24) is 15.6 Å². The molecule has 1 heterocycles. The molecule has 3 atom stereocenters. The molecule has 10 nitrogen and oxygen atoms in total. The number of H-pyrrole nitrogens is 1. The highest BCUT2D eigenvalue weighted by atomic mass is 32.1. The maximum atomic E-state index is 12.7. The Morgan fingerprint density at radius 1 is 1.10 bits per heavy atom. The number of hydrogen-bond acceptors (Lipinski definition) is 6. The largest absolute Gasteiger partial charge is 0.480 e. The highest BCUT2D eigenvalue weighted by molar-refractivity contribution is 7.80. The molecule has 0 aliphatic rings. The molecule has 0 aliphatic heterocycles. The third-order valence-corrected chi connectivity index (χ3v) is 4.95. The van der Waals surface area contributed by atoms with Crippen molar-refractivity contribution in [2.45, 2.75) is 37.4 Å². The first-order valence-corrected chi connectivity index (χ1v) is 9.89. The van der Waals surface area contributed by atoms with Crippen LogP contribution in [0.25, 0.3) is 10.9 Å². The minimum atomic E-state index is -1.25. The molecule has 1 aromatic heterocycles. The Morgan fingerprint density at radius 2 is 1.77 bits per heavy atom. The van der Waals surface area contributed by atoms with Crippen molar-refractivity contribution in [2.75, 3.05) is 5.75 Å². The molecule has 0 bridgehead atoms. The number of nitrogens with one attached hydrogen (secondary N) is 3. The van der Waals surface area contributed by atoms with E-state index in [4.69, 9.17) is 11.5 Å². The van der Waals surface area contributed by atoms with Crippen LogP contribution in [0.3, 0.4) is 0 Å². The average Bonchev–Trinajstić information content (AvgIpc) is 3.12. The van der Waals surface area contributed by atoms with E-state index >= 15 is 0 Å². The molecular formula is C19H25N5O5S. The molecule has 1 aromatic carbocycles. The highest BCUT2D eigenvalue weighted by Gasteiger charge is 2.28. The molecule has 2 aromatic rings. The summed E-state index contributed by atoms with van der Waals surface area (Å²) in [6.45, 7) is 0. The number of amides is 3. The lowest BCUT2D eigenvalue weighted by Crippen LogP contribution is -2.55. The molecule has 8 N–H and O–H groups in total. The first kappa shape index (κ1) is 23.2. The SMILES string of the molecule is NC(=O)CC[C@H](NC(=O)[C@@H](N)CS)C(=O)N[C@@H](Cc1c[nH]c2ccccc12)C(=O)O. The number of thiol groups is 1. The van der Waals surface area contributed by atoms with Crippen molar-refractivity contribution < 1.29 is 24.3 Å². The highest BCUT2D eigenvalue weighted by Crippen LogP contribution is 2.19. The van der Waals surface area contributed by atoms with Crippen LogP contribution in [0.2, 0.25) is 0 Å². The first-order valence-electron chi connectivity index (χ1n) is 9.26. The second-order valence-electron chi connectivity index (χ2n) is 6.82. The zero-order valence-electron chi connectivity index (χ0n) is 16.1. The minimum absolute atomic E-state index is 0.0255. The van der Waals surface area contributed by atoms with E-state index in [1.54, 1.807) is 6.20 Å². The molecule has 0 saturated carbocycles. The summed E-state index contributed by atoms with van der Waals surface area (Å²) >= 11 is 3.93. The van der Waals surface area contributed by atoms with Crippen LogP contribution in [-0.4, -0.2) is 57.7 Å². The number of primary amides is 1. The lowest BCUT2D eigenvalue weighted by molar-refractivity contribution is -0.142.